The van der Waals surface area contributed by atoms with Crippen molar-refractivity contribution in [2.45, 2.75) is 51.9 Å². The number of aryl methyl sites for hydroxylation is 1. The van der Waals surface area contributed by atoms with Crippen molar-refractivity contribution in [3.05, 3.63) is 29.3 Å². The van der Waals surface area contributed by atoms with E-state index < -0.39 is 0 Å². The summed E-state index contributed by atoms with van der Waals surface area (Å²) in [5, 5.41) is 0. The van der Waals surface area contributed by atoms with Gasteiger partial charge in [0.1, 0.15) is 5.75 Å². The van der Waals surface area contributed by atoms with E-state index in [2.05, 4.69) is 13.0 Å². The highest BCUT2D eigenvalue weighted by Gasteiger charge is 2.35. The van der Waals surface area contributed by atoms with Gasteiger partial charge in [-0.2, -0.15) is 0 Å². The zero-order valence-corrected chi connectivity index (χ0v) is 14.6. The van der Waals surface area contributed by atoms with E-state index in [1.54, 1.807) is 0 Å². The molecule has 0 bridgehead atoms. The first-order chi connectivity index (χ1) is 11.7. The van der Waals surface area contributed by atoms with E-state index in [9.17, 15) is 4.79 Å². The Kier molecular flexibility index (Phi) is 5.74. The number of carbonyl (C=O) groups excluding carboxylic acids is 1. The lowest BCUT2D eigenvalue weighted by Gasteiger charge is -2.38. The maximum Gasteiger partial charge on any atom is 0.226 e. The molecule has 1 aromatic carbocycles. The van der Waals surface area contributed by atoms with Crippen molar-refractivity contribution in [3.8, 4) is 5.75 Å². The first kappa shape index (κ1) is 17.2. The van der Waals surface area contributed by atoms with E-state index in [1.807, 2.05) is 24.0 Å². The summed E-state index contributed by atoms with van der Waals surface area (Å²) < 4.78 is 17.1. The van der Waals surface area contributed by atoms with Gasteiger partial charge in [-0.1, -0.05) is 12.1 Å². The maximum atomic E-state index is 12.6. The van der Waals surface area contributed by atoms with Gasteiger partial charge in [-0.25, -0.2) is 0 Å². The van der Waals surface area contributed by atoms with Gasteiger partial charge < -0.3 is 19.1 Å². The molecule has 0 aliphatic carbocycles. The predicted octanol–water partition coefficient (Wildman–Crippen LogP) is 2.83. The molecular formula is C19H27NO4. The molecule has 0 radical (unpaired) electrons. The van der Waals surface area contributed by atoms with Crippen LogP contribution in [0.4, 0.5) is 0 Å². The predicted molar refractivity (Wildman–Crippen MR) is 91.1 cm³/mol. The molecule has 132 valence electrons. The molecule has 0 spiro atoms. The summed E-state index contributed by atoms with van der Waals surface area (Å²) >= 11 is 0. The van der Waals surface area contributed by atoms with Crippen molar-refractivity contribution in [1.82, 2.24) is 4.90 Å². The standard InChI is InChI=1S/C19H27NO4/c1-14-6-5-8-17(15(14)2)22-11-9-18(21)20-10-4-3-7-16(20)19-23-12-13-24-19/h5-6,8,16,19H,3-4,7,9-13H2,1-2H3. The summed E-state index contributed by atoms with van der Waals surface area (Å²) in [6.45, 7) is 6.54. The number of piperidine rings is 1. The SMILES string of the molecule is Cc1cccc(OCCC(=O)N2CCCCC2C2OCCO2)c1C. The monoisotopic (exact) mass is 333 g/mol. The quantitative estimate of drug-likeness (QED) is 0.831. The lowest BCUT2D eigenvalue weighted by Crippen LogP contribution is -2.50. The van der Waals surface area contributed by atoms with Crippen LogP contribution in [-0.2, 0) is 14.3 Å². The molecule has 1 atom stereocenters. The third-order valence-electron chi connectivity index (χ3n) is 4.96. The van der Waals surface area contributed by atoms with Gasteiger partial charge in [0.25, 0.3) is 0 Å². The molecule has 1 amide bonds. The van der Waals surface area contributed by atoms with Crippen LogP contribution in [0.3, 0.4) is 0 Å². The highest BCUT2D eigenvalue weighted by atomic mass is 16.7. The van der Waals surface area contributed by atoms with Crippen LogP contribution in [0.25, 0.3) is 0 Å². The Hall–Kier alpha value is -1.59. The van der Waals surface area contributed by atoms with E-state index in [4.69, 9.17) is 14.2 Å². The minimum atomic E-state index is -0.255. The van der Waals surface area contributed by atoms with Gasteiger partial charge in [0.05, 0.1) is 32.3 Å². The van der Waals surface area contributed by atoms with Crippen LogP contribution >= 0.6 is 0 Å². The average Bonchev–Trinajstić information content (AvgIpc) is 3.13. The molecule has 0 saturated carbocycles. The van der Waals surface area contributed by atoms with E-state index >= 15 is 0 Å². The average molecular weight is 333 g/mol. The van der Waals surface area contributed by atoms with Crippen LogP contribution in [0.2, 0.25) is 0 Å². The summed E-state index contributed by atoms with van der Waals surface area (Å²) in [6, 6.07) is 6.05. The molecule has 2 aliphatic heterocycles. The molecule has 2 heterocycles. The summed E-state index contributed by atoms with van der Waals surface area (Å²) in [7, 11) is 0. The van der Waals surface area contributed by atoms with Crippen molar-refractivity contribution in [2.75, 3.05) is 26.4 Å². The van der Waals surface area contributed by atoms with Crippen molar-refractivity contribution < 1.29 is 19.0 Å². The number of likely N-dealkylation sites (tertiary alicyclic amines) is 1. The lowest BCUT2D eigenvalue weighted by molar-refractivity contribution is -0.151. The lowest BCUT2D eigenvalue weighted by atomic mass is 10.0. The Balaban J connectivity index is 1.54. The first-order valence-corrected chi connectivity index (χ1v) is 8.88. The second kappa shape index (κ2) is 7.99. The number of nitrogens with zero attached hydrogens (tertiary/aromatic N) is 1. The molecule has 24 heavy (non-hydrogen) atoms. The van der Waals surface area contributed by atoms with Crippen LogP contribution in [0, 0.1) is 13.8 Å². The van der Waals surface area contributed by atoms with E-state index in [-0.39, 0.29) is 18.2 Å². The van der Waals surface area contributed by atoms with Crippen molar-refractivity contribution in [3.63, 3.8) is 0 Å². The minimum Gasteiger partial charge on any atom is -0.493 e. The molecule has 1 unspecified atom stereocenters. The van der Waals surface area contributed by atoms with Gasteiger partial charge in [-0.3, -0.25) is 4.79 Å². The number of ether oxygens (including phenoxy) is 3. The van der Waals surface area contributed by atoms with Gasteiger partial charge in [0.15, 0.2) is 6.29 Å². The van der Waals surface area contributed by atoms with Crippen LogP contribution in [0.5, 0.6) is 5.75 Å². The third kappa shape index (κ3) is 3.90. The molecule has 5 nitrogen and oxygen atoms in total. The molecule has 0 aromatic heterocycles. The van der Waals surface area contributed by atoms with E-state index in [1.165, 1.54) is 5.56 Å². The van der Waals surface area contributed by atoms with Crippen LogP contribution in [0.1, 0.15) is 36.8 Å². The second-order valence-corrected chi connectivity index (χ2v) is 6.56. The minimum absolute atomic E-state index is 0.0504. The summed E-state index contributed by atoms with van der Waals surface area (Å²) in [5.74, 6) is 0.990. The number of hydrogen-bond donors (Lipinski definition) is 0. The Bertz CT molecular complexity index is 568. The Morgan fingerprint density at radius 1 is 1.25 bits per heavy atom. The topological polar surface area (TPSA) is 48.0 Å². The summed E-state index contributed by atoms with van der Waals surface area (Å²) in [4.78, 5) is 14.6. The van der Waals surface area contributed by atoms with Gasteiger partial charge in [-0.05, 0) is 50.3 Å². The van der Waals surface area contributed by atoms with Gasteiger partial charge in [0.2, 0.25) is 5.91 Å². The summed E-state index contributed by atoms with van der Waals surface area (Å²) in [6.07, 6.45) is 3.25. The number of benzene rings is 1. The van der Waals surface area contributed by atoms with Crippen molar-refractivity contribution in [2.24, 2.45) is 0 Å². The molecule has 2 fully saturated rings. The molecule has 5 heteroatoms. The Morgan fingerprint density at radius 2 is 2.04 bits per heavy atom. The highest BCUT2D eigenvalue weighted by Crippen LogP contribution is 2.25. The largest absolute Gasteiger partial charge is 0.493 e. The van der Waals surface area contributed by atoms with Crippen LogP contribution in [0.15, 0.2) is 18.2 Å². The van der Waals surface area contributed by atoms with E-state index in [0.717, 1.165) is 37.1 Å². The van der Waals surface area contributed by atoms with Gasteiger partial charge in [0, 0.05) is 6.54 Å². The molecule has 0 N–H and O–H groups in total. The smallest absolute Gasteiger partial charge is 0.226 e. The van der Waals surface area contributed by atoms with Gasteiger partial charge >= 0.3 is 0 Å². The molecule has 3 rings (SSSR count). The van der Waals surface area contributed by atoms with Crippen molar-refractivity contribution in [1.29, 1.82) is 0 Å². The maximum absolute atomic E-state index is 12.6. The number of amides is 1. The van der Waals surface area contributed by atoms with Gasteiger partial charge in [-0.15, -0.1) is 0 Å². The second-order valence-electron chi connectivity index (χ2n) is 6.56. The van der Waals surface area contributed by atoms with Crippen molar-refractivity contribution >= 4 is 5.91 Å². The highest BCUT2D eigenvalue weighted by molar-refractivity contribution is 5.76. The Labute approximate surface area is 143 Å². The van der Waals surface area contributed by atoms with Crippen LogP contribution in [-0.4, -0.2) is 49.5 Å². The number of rotatable bonds is 5. The van der Waals surface area contributed by atoms with Crippen LogP contribution < -0.4 is 4.74 Å². The van der Waals surface area contributed by atoms with E-state index in [0.29, 0.717) is 26.2 Å². The fourth-order valence-corrected chi connectivity index (χ4v) is 3.42. The zero-order chi connectivity index (χ0) is 16.9. The summed E-state index contributed by atoms with van der Waals surface area (Å²) in [5.41, 5.74) is 2.33. The molecule has 1 aromatic rings. The zero-order valence-electron chi connectivity index (χ0n) is 14.6. The molecule has 2 aliphatic rings. The molecular weight excluding hydrogens is 306 g/mol. The first-order valence-electron chi connectivity index (χ1n) is 8.88. The normalized spacial score (nSPS) is 21.9. The molecule has 2 saturated heterocycles. The fraction of sp³-hybridized carbons (Fsp3) is 0.632. The number of carbonyl (C=O) groups is 1. The number of hydrogen-bond acceptors (Lipinski definition) is 4. The Morgan fingerprint density at radius 3 is 2.83 bits per heavy atom. The third-order valence-corrected chi connectivity index (χ3v) is 4.96. The fourth-order valence-electron chi connectivity index (χ4n) is 3.42.